The number of alkyl halides is 3. The average Bonchev–Trinajstić information content (AvgIpc) is 2.44. The number of nitrogens with one attached hydrogen (secondary N) is 1. The van der Waals surface area contributed by atoms with Gasteiger partial charge >= 0.3 is 6.18 Å². The normalized spacial score (nSPS) is 13.2. The van der Waals surface area contributed by atoms with Gasteiger partial charge in [0.25, 0.3) is 0 Å². The van der Waals surface area contributed by atoms with E-state index in [0.29, 0.717) is 6.54 Å². The largest absolute Gasteiger partial charge is 0.416 e. The highest BCUT2D eigenvalue weighted by Gasteiger charge is 2.30. The van der Waals surface area contributed by atoms with Gasteiger partial charge in [-0.25, -0.2) is 0 Å². The van der Waals surface area contributed by atoms with Gasteiger partial charge in [-0.3, -0.25) is 4.98 Å². The van der Waals surface area contributed by atoms with Crippen LogP contribution in [-0.2, 0) is 6.18 Å². The number of hydrogen-bond donors (Lipinski definition) is 1. The van der Waals surface area contributed by atoms with Crippen LogP contribution in [0.25, 0.3) is 0 Å². The van der Waals surface area contributed by atoms with Crippen molar-refractivity contribution in [2.24, 2.45) is 0 Å². The zero-order chi connectivity index (χ0) is 15.5. The van der Waals surface area contributed by atoms with Gasteiger partial charge in [0, 0.05) is 6.20 Å². The summed E-state index contributed by atoms with van der Waals surface area (Å²) in [5.74, 6) is 0. The summed E-state index contributed by atoms with van der Waals surface area (Å²) in [7, 11) is 0. The van der Waals surface area contributed by atoms with Gasteiger partial charge in [0.05, 0.1) is 17.3 Å². The molecule has 21 heavy (non-hydrogen) atoms. The van der Waals surface area contributed by atoms with Gasteiger partial charge < -0.3 is 5.32 Å². The molecule has 1 aromatic heterocycles. The predicted molar refractivity (Wildman–Crippen MR) is 75.9 cm³/mol. The number of pyridine rings is 1. The molecule has 2 aromatic rings. The quantitative estimate of drug-likeness (QED) is 0.918. The first-order valence-corrected chi connectivity index (χ1v) is 6.75. The fourth-order valence-electron chi connectivity index (χ4n) is 2.18. The minimum Gasteiger partial charge on any atom is -0.305 e. The Morgan fingerprint density at radius 3 is 2.33 bits per heavy atom. The summed E-state index contributed by atoms with van der Waals surface area (Å²) in [5.41, 5.74) is 1.99. The SMILES string of the molecule is CCNC(c1ccc(C(F)(F)F)cc1)c1cc(C)ccn1. The van der Waals surface area contributed by atoms with Crippen molar-refractivity contribution < 1.29 is 13.2 Å². The molecule has 0 spiro atoms. The van der Waals surface area contributed by atoms with Gasteiger partial charge in [-0.1, -0.05) is 19.1 Å². The molecular formula is C16H17F3N2. The molecule has 5 heteroatoms. The number of hydrogen-bond acceptors (Lipinski definition) is 2. The maximum absolute atomic E-state index is 12.6. The predicted octanol–water partition coefficient (Wildman–Crippen LogP) is 4.11. The lowest BCUT2D eigenvalue weighted by atomic mass is 10.0. The molecule has 1 unspecified atom stereocenters. The first-order chi connectivity index (χ1) is 9.91. The van der Waals surface area contributed by atoms with E-state index in [9.17, 15) is 13.2 Å². The van der Waals surface area contributed by atoms with Crippen LogP contribution in [0, 0.1) is 6.92 Å². The topological polar surface area (TPSA) is 24.9 Å². The lowest BCUT2D eigenvalue weighted by Gasteiger charge is -2.19. The third-order valence-electron chi connectivity index (χ3n) is 3.21. The van der Waals surface area contributed by atoms with Crippen LogP contribution in [0.3, 0.4) is 0 Å². The molecule has 1 atom stereocenters. The van der Waals surface area contributed by atoms with Crippen molar-refractivity contribution in [3.8, 4) is 0 Å². The van der Waals surface area contributed by atoms with Crippen LogP contribution in [0.1, 0.15) is 35.3 Å². The van der Waals surface area contributed by atoms with E-state index in [1.165, 1.54) is 12.1 Å². The summed E-state index contributed by atoms with van der Waals surface area (Å²) in [6.07, 6.45) is -2.60. The molecule has 0 aliphatic heterocycles. The van der Waals surface area contributed by atoms with E-state index in [0.717, 1.165) is 29.0 Å². The fourth-order valence-corrected chi connectivity index (χ4v) is 2.18. The number of aryl methyl sites for hydroxylation is 1. The van der Waals surface area contributed by atoms with Crippen LogP contribution in [0.5, 0.6) is 0 Å². The minimum atomic E-state index is -4.31. The molecule has 2 rings (SSSR count). The Hall–Kier alpha value is -1.88. The zero-order valence-electron chi connectivity index (χ0n) is 11.9. The highest BCUT2D eigenvalue weighted by atomic mass is 19.4. The van der Waals surface area contributed by atoms with E-state index in [1.807, 2.05) is 26.0 Å². The van der Waals surface area contributed by atoms with Crippen molar-refractivity contribution in [3.63, 3.8) is 0 Å². The summed E-state index contributed by atoms with van der Waals surface area (Å²) in [6, 6.07) is 8.83. The van der Waals surface area contributed by atoms with Gasteiger partial charge in [-0.05, 0) is 48.9 Å². The molecule has 0 fully saturated rings. The van der Waals surface area contributed by atoms with Gasteiger partial charge in [0.15, 0.2) is 0 Å². The Kier molecular flexibility index (Phi) is 4.63. The Balaban J connectivity index is 2.34. The van der Waals surface area contributed by atoms with E-state index in [2.05, 4.69) is 10.3 Å². The molecule has 112 valence electrons. The van der Waals surface area contributed by atoms with Crippen molar-refractivity contribution in [3.05, 3.63) is 65.0 Å². The number of halogens is 3. The second kappa shape index (κ2) is 6.26. The number of nitrogens with zero attached hydrogens (tertiary/aromatic N) is 1. The Morgan fingerprint density at radius 2 is 1.81 bits per heavy atom. The zero-order valence-corrected chi connectivity index (χ0v) is 11.9. The second-order valence-electron chi connectivity index (χ2n) is 4.87. The first-order valence-electron chi connectivity index (χ1n) is 6.75. The maximum Gasteiger partial charge on any atom is 0.416 e. The molecule has 0 radical (unpaired) electrons. The van der Waals surface area contributed by atoms with Crippen LogP contribution >= 0.6 is 0 Å². The van der Waals surface area contributed by atoms with Crippen molar-refractivity contribution in [1.82, 2.24) is 10.3 Å². The summed E-state index contributed by atoms with van der Waals surface area (Å²) >= 11 is 0. The van der Waals surface area contributed by atoms with Crippen molar-refractivity contribution in [2.75, 3.05) is 6.54 Å². The van der Waals surface area contributed by atoms with Crippen molar-refractivity contribution in [1.29, 1.82) is 0 Å². The van der Waals surface area contributed by atoms with Crippen LogP contribution in [0.4, 0.5) is 13.2 Å². The van der Waals surface area contributed by atoms with Crippen molar-refractivity contribution >= 4 is 0 Å². The molecular weight excluding hydrogens is 277 g/mol. The van der Waals surface area contributed by atoms with Crippen LogP contribution in [-0.4, -0.2) is 11.5 Å². The first kappa shape index (κ1) is 15.5. The van der Waals surface area contributed by atoms with E-state index < -0.39 is 11.7 Å². The summed E-state index contributed by atoms with van der Waals surface area (Å²) in [5, 5.41) is 3.26. The Bertz CT molecular complexity index is 591. The Labute approximate surface area is 122 Å². The van der Waals surface area contributed by atoms with E-state index in [1.54, 1.807) is 6.20 Å². The number of aromatic nitrogens is 1. The van der Waals surface area contributed by atoms with E-state index in [4.69, 9.17) is 0 Å². The highest BCUT2D eigenvalue weighted by molar-refractivity contribution is 5.32. The van der Waals surface area contributed by atoms with Gasteiger partial charge in [0.2, 0.25) is 0 Å². The molecule has 1 N–H and O–H groups in total. The molecule has 0 saturated carbocycles. The second-order valence-corrected chi connectivity index (χ2v) is 4.87. The van der Waals surface area contributed by atoms with E-state index >= 15 is 0 Å². The van der Waals surface area contributed by atoms with Gasteiger partial charge in [0.1, 0.15) is 0 Å². The lowest BCUT2D eigenvalue weighted by Crippen LogP contribution is -2.23. The number of rotatable bonds is 4. The van der Waals surface area contributed by atoms with Gasteiger partial charge in [-0.15, -0.1) is 0 Å². The summed E-state index contributed by atoms with van der Waals surface area (Å²) in [4.78, 5) is 4.32. The van der Waals surface area contributed by atoms with Crippen LogP contribution in [0.15, 0.2) is 42.6 Å². The summed E-state index contributed by atoms with van der Waals surface area (Å²) < 4.78 is 37.8. The van der Waals surface area contributed by atoms with Crippen LogP contribution in [0.2, 0.25) is 0 Å². The standard InChI is InChI=1S/C16H17F3N2/c1-3-20-15(14-10-11(2)8-9-21-14)12-4-6-13(7-5-12)16(17,18)19/h4-10,15,20H,3H2,1-2H3. The molecule has 1 aromatic carbocycles. The lowest BCUT2D eigenvalue weighted by molar-refractivity contribution is -0.137. The summed E-state index contributed by atoms with van der Waals surface area (Å²) in [6.45, 7) is 4.61. The molecule has 0 aliphatic rings. The van der Waals surface area contributed by atoms with Gasteiger partial charge in [-0.2, -0.15) is 13.2 Å². The molecule has 0 bridgehead atoms. The smallest absolute Gasteiger partial charge is 0.305 e. The Morgan fingerprint density at radius 1 is 1.14 bits per heavy atom. The molecule has 0 saturated heterocycles. The van der Waals surface area contributed by atoms with Crippen LogP contribution < -0.4 is 5.32 Å². The minimum absolute atomic E-state index is 0.211. The third-order valence-corrected chi connectivity index (χ3v) is 3.21. The molecule has 0 amide bonds. The molecule has 0 aliphatic carbocycles. The number of benzene rings is 1. The third kappa shape index (κ3) is 3.82. The fraction of sp³-hybridized carbons (Fsp3) is 0.312. The van der Waals surface area contributed by atoms with Crippen molar-refractivity contribution in [2.45, 2.75) is 26.1 Å². The monoisotopic (exact) mass is 294 g/mol. The maximum atomic E-state index is 12.6. The highest BCUT2D eigenvalue weighted by Crippen LogP contribution is 2.30. The average molecular weight is 294 g/mol. The molecule has 2 nitrogen and oxygen atoms in total. The molecule has 1 heterocycles. The van der Waals surface area contributed by atoms with E-state index in [-0.39, 0.29) is 6.04 Å².